The predicted octanol–water partition coefficient (Wildman–Crippen LogP) is 3.96. The molecule has 152 valence electrons. The Labute approximate surface area is 174 Å². The predicted molar refractivity (Wildman–Crippen MR) is 112 cm³/mol. The van der Waals surface area contributed by atoms with Crippen LogP contribution in [0, 0.1) is 0 Å². The number of amides is 1. The van der Waals surface area contributed by atoms with Crippen molar-refractivity contribution in [3.8, 4) is 5.75 Å². The lowest BCUT2D eigenvalue weighted by atomic mass is 10.1. The van der Waals surface area contributed by atoms with Crippen LogP contribution in [0.15, 0.2) is 46.0 Å². The van der Waals surface area contributed by atoms with Gasteiger partial charge >= 0.3 is 0 Å². The summed E-state index contributed by atoms with van der Waals surface area (Å²) >= 11 is 3.26. The molecule has 0 saturated heterocycles. The summed E-state index contributed by atoms with van der Waals surface area (Å²) in [7, 11) is -2.54. The van der Waals surface area contributed by atoms with Crippen LogP contribution in [0.3, 0.4) is 0 Å². The standard InChI is InChI=1S/C19H24BrN3O4S/c1-4-6-15(5-2)22-19(24)13-9-16(12-21-11-13)23-28(25,26)18-10-14(20)7-8-17(18)27-3/h7-12,15,23H,4-6H2,1-3H3,(H,22,24). The number of halogens is 1. The quantitative estimate of drug-likeness (QED) is 0.578. The van der Waals surface area contributed by atoms with Crippen molar-refractivity contribution in [3.63, 3.8) is 0 Å². The number of carbonyl (C=O) groups is 1. The molecular weight excluding hydrogens is 446 g/mol. The van der Waals surface area contributed by atoms with E-state index in [1.54, 1.807) is 12.1 Å². The fourth-order valence-corrected chi connectivity index (χ4v) is 4.43. The van der Waals surface area contributed by atoms with Crippen molar-refractivity contribution in [2.75, 3.05) is 11.8 Å². The third-order valence-electron chi connectivity index (χ3n) is 4.13. The van der Waals surface area contributed by atoms with E-state index in [2.05, 4.69) is 37.9 Å². The van der Waals surface area contributed by atoms with Crippen molar-refractivity contribution in [1.29, 1.82) is 0 Å². The van der Waals surface area contributed by atoms with Gasteiger partial charge in [-0.1, -0.05) is 36.2 Å². The van der Waals surface area contributed by atoms with Crippen LogP contribution in [-0.4, -0.2) is 32.5 Å². The van der Waals surface area contributed by atoms with Crippen LogP contribution in [0.5, 0.6) is 5.75 Å². The Morgan fingerprint density at radius 3 is 2.64 bits per heavy atom. The van der Waals surface area contributed by atoms with Crippen molar-refractivity contribution in [2.24, 2.45) is 0 Å². The number of pyridine rings is 1. The molecular formula is C19H24BrN3O4S. The topological polar surface area (TPSA) is 97.4 Å². The summed E-state index contributed by atoms with van der Waals surface area (Å²) in [5.41, 5.74) is 0.481. The number of methoxy groups -OCH3 is 1. The van der Waals surface area contributed by atoms with Gasteiger partial charge in [0.05, 0.1) is 24.6 Å². The number of sulfonamides is 1. The van der Waals surface area contributed by atoms with Crippen LogP contribution in [0.1, 0.15) is 43.5 Å². The molecule has 1 heterocycles. The average molecular weight is 470 g/mol. The minimum Gasteiger partial charge on any atom is -0.495 e. The highest BCUT2D eigenvalue weighted by molar-refractivity contribution is 9.10. The lowest BCUT2D eigenvalue weighted by molar-refractivity contribution is 0.0933. The van der Waals surface area contributed by atoms with Crippen molar-refractivity contribution < 1.29 is 17.9 Å². The molecule has 0 saturated carbocycles. The molecule has 1 unspecified atom stereocenters. The van der Waals surface area contributed by atoms with E-state index in [0.29, 0.717) is 4.47 Å². The third-order valence-corrected chi connectivity index (χ3v) is 6.03. The molecule has 28 heavy (non-hydrogen) atoms. The lowest BCUT2D eigenvalue weighted by Gasteiger charge is -2.16. The summed E-state index contributed by atoms with van der Waals surface area (Å²) in [6.45, 7) is 4.07. The maximum atomic E-state index is 12.8. The average Bonchev–Trinajstić information content (AvgIpc) is 2.67. The smallest absolute Gasteiger partial charge is 0.265 e. The number of rotatable bonds is 9. The number of aromatic nitrogens is 1. The summed E-state index contributed by atoms with van der Waals surface area (Å²) in [5.74, 6) is -0.0724. The molecule has 2 N–H and O–H groups in total. The van der Waals surface area contributed by atoms with Gasteiger partial charge in [-0.25, -0.2) is 8.42 Å². The Hall–Kier alpha value is -2.13. The fraction of sp³-hybridized carbons (Fsp3) is 0.368. The number of nitrogens with one attached hydrogen (secondary N) is 2. The van der Waals surface area contributed by atoms with Gasteiger partial charge in [-0.3, -0.25) is 14.5 Å². The molecule has 2 rings (SSSR count). The second-order valence-electron chi connectivity index (χ2n) is 6.23. The molecule has 0 aliphatic heterocycles. The van der Waals surface area contributed by atoms with Crippen molar-refractivity contribution in [3.05, 3.63) is 46.7 Å². The van der Waals surface area contributed by atoms with E-state index in [9.17, 15) is 13.2 Å². The Morgan fingerprint density at radius 2 is 2.00 bits per heavy atom. The van der Waals surface area contributed by atoms with Gasteiger partial charge in [0.1, 0.15) is 10.6 Å². The van der Waals surface area contributed by atoms with E-state index in [1.165, 1.54) is 31.6 Å². The molecule has 1 aromatic carbocycles. The molecule has 0 fully saturated rings. The van der Waals surface area contributed by atoms with Crippen LogP contribution in [-0.2, 0) is 10.0 Å². The van der Waals surface area contributed by atoms with Crippen LogP contribution in [0.4, 0.5) is 5.69 Å². The first-order valence-corrected chi connectivity index (χ1v) is 11.2. The summed E-state index contributed by atoms with van der Waals surface area (Å²) in [4.78, 5) is 16.4. The van der Waals surface area contributed by atoms with E-state index in [0.717, 1.165) is 19.3 Å². The largest absolute Gasteiger partial charge is 0.495 e. The highest BCUT2D eigenvalue weighted by Crippen LogP contribution is 2.28. The third kappa shape index (κ3) is 5.68. The van der Waals surface area contributed by atoms with Gasteiger partial charge in [0.2, 0.25) is 0 Å². The zero-order chi connectivity index (χ0) is 20.7. The van der Waals surface area contributed by atoms with E-state index in [1.807, 2.05) is 6.92 Å². The lowest BCUT2D eigenvalue weighted by Crippen LogP contribution is -2.34. The van der Waals surface area contributed by atoms with Gasteiger partial charge in [0.15, 0.2) is 0 Å². The second-order valence-corrected chi connectivity index (χ2v) is 8.80. The number of hydrogen-bond donors (Lipinski definition) is 2. The minimum atomic E-state index is -3.93. The zero-order valence-corrected chi connectivity index (χ0v) is 18.4. The summed E-state index contributed by atoms with van der Waals surface area (Å²) in [6, 6.07) is 6.22. The Balaban J connectivity index is 2.25. The van der Waals surface area contributed by atoms with E-state index >= 15 is 0 Å². The maximum Gasteiger partial charge on any atom is 0.265 e. The second kappa shape index (κ2) is 9.88. The van der Waals surface area contributed by atoms with Crippen molar-refractivity contribution in [1.82, 2.24) is 10.3 Å². The normalized spacial score (nSPS) is 12.3. The first-order chi connectivity index (χ1) is 13.3. The minimum absolute atomic E-state index is 0.0202. The maximum absolute atomic E-state index is 12.8. The molecule has 9 heteroatoms. The Kier molecular flexibility index (Phi) is 7.82. The number of anilines is 1. The molecule has 0 aliphatic carbocycles. The molecule has 1 amide bonds. The molecule has 7 nitrogen and oxygen atoms in total. The number of nitrogens with zero attached hydrogens (tertiary/aromatic N) is 1. The highest BCUT2D eigenvalue weighted by Gasteiger charge is 2.21. The molecule has 0 spiro atoms. The summed E-state index contributed by atoms with van der Waals surface area (Å²) < 4.78 is 33.8. The number of ether oxygens (including phenoxy) is 1. The van der Waals surface area contributed by atoms with Gasteiger partial charge in [0, 0.05) is 16.7 Å². The van der Waals surface area contributed by atoms with Crippen LogP contribution in [0.25, 0.3) is 0 Å². The molecule has 2 aromatic rings. The van der Waals surface area contributed by atoms with E-state index in [4.69, 9.17) is 4.74 Å². The number of benzene rings is 1. The van der Waals surface area contributed by atoms with Gasteiger partial charge in [-0.2, -0.15) is 0 Å². The van der Waals surface area contributed by atoms with Crippen molar-refractivity contribution in [2.45, 2.75) is 44.0 Å². The molecule has 0 radical (unpaired) electrons. The highest BCUT2D eigenvalue weighted by atomic mass is 79.9. The van der Waals surface area contributed by atoms with Crippen LogP contribution in [0.2, 0.25) is 0 Å². The fourth-order valence-electron chi connectivity index (χ4n) is 2.69. The molecule has 1 atom stereocenters. The molecule has 0 aliphatic rings. The van der Waals surface area contributed by atoms with E-state index < -0.39 is 10.0 Å². The number of hydrogen-bond acceptors (Lipinski definition) is 5. The van der Waals surface area contributed by atoms with Gasteiger partial charge in [-0.05, 0) is 37.1 Å². The summed E-state index contributed by atoms with van der Waals surface area (Å²) in [6.07, 6.45) is 5.42. The zero-order valence-electron chi connectivity index (χ0n) is 16.0. The van der Waals surface area contributed by atoms with Crippen LogP contribution < -0.4 is 14.8 Å². The van der Waals surface area contributed by atoms with Crippen LogP contribution >= 0.6 is 15.9 Å². The summed E-state index contributed by atoms with van der Waals surface area (Å²) in [5, 5.41) is 2.95. The first-order valence-electron chi connectivity index (χ1n) is 8.93. The SMILES string of the molecule is CCCC(CC)NC(=O)c1cncc(NS(=O)(=O)c2cc(Br)ccc2OC)c1. The van der Waals surface area contributed by atoms with E-state index in [-0.39, 0.29) is 33.8 Å². The van der Waals surface area contributed by atoms with Gasteiger partial charge in [-0.15, -0.1) is 0 Å². The van der Waals surface area contributed by atoms with Gasteiger partial charge in [0.25, 0.3) is 15.9 Å². The Bertz CT molecular complexity index is 935. The van der Waals surface area contributed by atoms with Gasteiger partial charge < -0.3 is 10.1 Å². The molecule has 1 aromatic heterocycles. The molecule has 0 bridgehead atoms. The monoisotopic (exact) mass is 469 g/mol. The first kappa shape index (κ1) is 22.2. The Morgan fingerprint density at radius 1 is 1.25 bits per heavy atom. The van der Waals surface area contributed by atoms with Crippen molar-refractivity contribution >= 4 is 37.5 Å². The number of carbonyl (C=O) groups excluding carboxylic acids is 1.